The zero-order chi connectivity index (χ0) is 17.0. The lowest BCUT2D eigenvalue weighted by Gasteiger charge is -2.24. The molecule has 0 aliphatic rings. The van der Waals surface area contributed by atoms with Gasteiger partial charge in [-0.05, 0) is 50.2 Å². The van der Waals surface area contributed by atoms with Gasteiger partial charge in [-0.15, -0.1) is 0 Å². The van der Waals surface area contributed by atoms with Gasteiger partial charge in [0.15, 0.2) is 0 Å². The summed E-state index contributed by atoms with van der Waals surface area (Å²) in [5, 5.41) is 3.66. The number of rotatable bonds is 5. The molecule has 0 atom stereocenters. The summed E-state index contributed by atoms with van der Waals surface area (Å²) in [7, 11) is 0. The summed E-state index contributed by atoms with van der Waals surface area (Å²) < 4.78 is 0. The maximum atomic E-state index is 12.5. The fraction of sp³-hybridized carbons (Fsp3) is 0.235. The lowest BCUT2D eigenvalue weighted by molar-refractivity contribution is 0.102. The highest BCUT2D eigenvalue weighted by Gasteiger charge is 2.14. The number of halogens is 2. The number of anilines is 3. The molecule has 1 amide bonds. The predicted molar refractivity (Wildman–Crippen MR) is 98.8 cm³/mol. The molecule has 0 spiro atoms. The number of carbonyl (C=O) groups excluding carboxylic acids is 1. The van der Waals surface area contributed by atoms with E-state index in [0.717, 1.165) is 18.8 Å². The number of nitrogens with zero attached hydrogens (tertiary/aromatic N) is 1. The minimum absolute atomic E-state index is 0.262. The molecule has 0 aliphatic heterocycles. The van der Waals surface area contributed by atoms with E-state index >= 15 is 0 Å². The van der Waals surface area contributed by atoms with Crippen LogP contribution in [0.3, 0.4) is 0 Å². The highest BCUT2D eigenvalue weighted by molar-refractivity contribution is 6.42. The van der Waals surface area contributed by atoms with Gasteiger partial charge in [0.1, 0.15) is 0 Å². The summed E-state index contributed by atoms with van der Waals surface area (Å²) >= 11 is 11.9. The lowest BCUT2D eigenvalue weighted by atomic mass is 10.1. The number of hydrogen-bond acceptors (Lipinski definition) is 3. The molecule has 0 aliphatic carbocycles. The van der Waals surface area contributed by atoms with E-state index in [1.54, 1.807) is 24.3 Å². The van der Waals surface area contributed by atoms with E-state index in [1.165, 1.54) is 0 Å². The zero-order valence-electron chi connectivity index (χ0n) is 13.1. The normalized spacial score (nSPS) is 10.4. The number of amides is 1. The standard InChI is InChI=1S/C17H19Cl2N3O/c1-3-22(4-2)16-8-6-12(20)10-15(16)21-17(23)11-5-7-13(18)14(19)9-11/h5-10H,3-4,20H2,1-2H3,(H,21,23). The Bertz CT molecular complexity index is 715. The Kier molecular flexibility index (Phi) is 5.74. The van der Waals surface area contributed by atoms with Gasteiger partial charge in [-0.1, -0.05) is 23.2 Å². The second-order valence-corrected chi connectivity index (χ2v) is 5.85. The van der Waals surface area contributed by atoms with Crippen molar-refractivity contribution in [3.05, 3.63) is 52.0 Å². The number of hydrogen-bond donors (Lipinski definition) is 2. The molecule has 0 bridgehead atoms. The number of benzene rings is 2. The van der Waals surface area contributed by atoms with Crippen LogP contribution in [0.15, 0.2) is 36.4 Å². The highest BCUT2D eigenvalue weighted by atomic mass is 35.5. The Morgan fingerprint density at radius 2 is 1.78 bits per heavy atom. The molecule has 0 unspecified atom stereocenters. The maximum absolute atomic E-state index is 12.5. The molecule has 0 fully saturated rings. The minimum Gasteiger partial charge on any atom is -0.399 e. The monoisotopic (exact) mass is 351 g/mol. The third-order valence-corrected chi connectivity index (χ3v) is 4.29. The quantitative estimate of drug-likeness (QED) is 0.769. The van der Waals surface area contributed by atoms with Crippen LogP contribution < -0.4 is 16.0 Å². The van der Waals surface area contributed by atoms with Gasteiger partial charge in [-0.25, -0.2) is 0 Å². The molecule has 0 aromatic heterocycles. The van der Waals surface area contributed by atoms with Crippen molar-refractivity contribution in [1.29, 1.82) is 0 Å². The van der Waals surface area contributed by atoms with Crippen molar-refractivity contribution in [3.63, 3.8) is 0 Å². The molecule has 0 saturated carbocycles. The number of carbonyl (C=O) groups is 1. The summed E-state index contributed by atoms with van der Waals surface area (Å²) in [6.07, 6.45) is 0. The Morgan fingerprint density at radius 1 is 1.09 bits per heavy atom. The van der Waals surface area contributed by atoms with Crippen LogP contribution in [0.5, 0.6) is 0 Å². The van der Waals surface area contributed by atoms with E-state index in [-0.39, 0.29) is 5.91 Å². The van der Waals surface area contributed by atoms with E-state index in [1.807, 2.05) is 12.1 Å². The topological polar surface area (TPSA) is 58.4 Å². The van der Waals surface area contributed by atoms with E-state index in [2.05, 4.69) is 24.1 Å². The molecule has 6 heteroatoms. The van der Waals surface area contributed by atoms with Crippen LogP contribution in [0.4, 0.5) is 17.1 Å². The van der Waals surface area contributed by atoms with Crippen LogP contribution in [0.25, 0.3) is 0 Å². The van der Waals surface area contributed by atoms with Crippen LogP contribution in [-0.4, -0.2) is 19.0 Å². The second kappa shape index (κ2) is 7.57. The van der Waals surface area contributed by atoms with Gasteiger partial charge < -0.3 is 16.0 Å². The Hall–Kier alpha value is -1.91. The molecule has 122 valence electrons. The first-order valence-electron chi connectivity index (χ1n) is 7.37. The molecule has 2 aromatic rings. The summed E-state index contributed by atoms with van der Waals surface area (Å²) in [5.41, 5.74) is 8.49. The molecule has 2 aromatic carbocycles. The molecule has 3 N–H and O–H groups in total. The first kappa shape index (κ1) is 17.4. The molecular weight excluding hydrogens is 333 g/mol. The van der Waals surface area contributed by atoms with Gasteiger partial charge in [0.25, 0.3) is 5.91 Å². The smallest absolute Gasteiger partial charge is 0.255 e. The molecule has 0 radical (unpaired) electrons. The number of nitrogen functional groups attached to an aromatic ring is 1. The third kappa shape index (κ3) is 4.09. The first-order valence-corrected chi connectivity index (χ1v) is 8.12. The van der Waals surface area contributed by atoms with Gasteiger partial charge in [0, 0.05) is 24.3 Å². The summed E-state index contributed by atoms with van der Waals surface area (Å²) in [6.45, 7) is 5.78. The number of nitrogens with two attached hydrogens (primary N) is 1. The second-order valence-electron chi connectivity index (χ2n) is 5.03. The maximum Gasteiger partial charge on any atom is 0.255 e. The average molecular weight is 352 g/mol. The van der Waals surface area contributed by atoms with Crippen LogP contribution in [-0.2, 0) is 0 Å². The van der Waals surface area contributed by atoms with Gasteiger partial charge in [0.05, 0.1) is 21.4 Å². The van der Waals surface area contributed by atoms with Crippen LogP contribution >= 0.6 is 23.2 Å². The van der Waals surface area contributed by atoms with Gasteiger partial charge in [-0.2, -0.15) is 0 Å². The fourth-order valence-electron chi connectivity index (χ4n) is 2.33. The molecule has 2 rings (SSSR count). The first-order chi connectivity index (χ1) is 11.0. The van der Waals surface area contributed by atoms with Gasteiger partial charge in [-0.3, -0.25) is 4.79 Å². The van der Waals surface area contributed by atoms with Crippen molar-refractivity contribution in [2.24, 2.45) is 0 Å². The van der Waals surface area contributed by atoms with Crippen molar-refractivity contribution >= 4 is 46.2 Å². The predicted octanol–water partition coefficient (Wildman–Crippen LogP) is 4.67. The Balaban J connectivity index is 2.32. The largest absolute Gasteiger partial charge is 0.399 e. The summed E-state index contributed by atoms with van der Waals surface area (Å²) in [4.78, 5) is 14.6. The highest BCUT2D eigenvalue weighted by Crippen LogP contribution is 2.29. The number of nitrogens with one attached hydrogen (secondary N) is 1. The van der Waals surface area contributed by atoms with Gasteiger partial charge in [0.2, 0.25) is 0 Å². The SMILES string of the molecule is CCN(CC)c1ccc(N)cc1NC(=O)c1ccc(Cl)c(Cl)c1. The Labute approximate surface area is 146 Å². The zero-order valence-corrected chi connectivity index (χ0v) is 14.6. The molecule has 0 saturated heterocycles. The average Bonchev–Trinajstić information content (AvgIpc) is 2.53. The van der Waals surface area contributed by atoms with Crippen LogP contribution in [0.2, 0.25) is 10.0 Å². The van der Waals surface area contributed by atoms with Crippen molar-refractivity contribution in [3.8, 4) is 0 Å². The minimum atomic E-state index is -0.262. The van der Waals surface area contributed by atoms with Crippen molar-refractivity contribution < 1.29 is 4.79 Å². The van der Waals surface area contributed by atoms with E-state index in [4.69, 9.17) is 28.9 Å². The molecule has 0 heterocycles. The summed E-state index contributed by atoms with van der Waals surface area (Å²) in [5.74, 6) is -0.262. The van der Waals surface area contributed by atoms with Crippen molar-refractivity contribution in [1.82, 2.24) is 0 Å². The fourth-order valence-corrected chi connectivity index (χ4v) is 2.62. The van der Waals surface area contributed by atoms with Crippen molar-refractivity contribution in [2.75, 3.05) is 29.0 Å². The van der Waals surface area contributed by atoms with Crippen LogP contribution in [0.1, 0.15) is 24.2 Å². The van der Waals surface area contributed by atoms with E-state index in [0.29, 0.717) is 27.0 Å². The molecular formula is C17H19Cl2N3O. The molecule has 23 heavy (non-hydrogen) atoms. The van der Waals surface area contributed by atoms with Crippen LogP contribution in [0, 0.1) is 0 Å². The van der Waals surface area contributed by atoms with E-state index < -0.39 is 0 Å². The van der Waals surface area contributed by atoms with Crippen molar-refractivity contribution in [2.45, 2.75) is 13.8 Å². The summed E-state index contributed by atoms with van der Waals surface area (Å²) in [6, 6.07) is 10.3. The van der Waals surface area contributed by atoms with Gasteiger partial charge >= 0.3 is 0 Å². The Morgan fingerprint density at radius 3 is 2.39 bits per heavy atom. The van der Waals surface area contributed by atoms with E-state index in [9.17, 15) is 4.79 Å². The third-order valence-electron chi connectivity index (χ3n) is 3.55. The lowest BCUT2D eigenvalue weighted by Crippen LogP contribution is -2.24. The molecule has 4 nitrogen and oxygen atoms in total.